The number of benzene rings is 2. The van der Waals surface area contributed by atoms with E-state index in [1.807, 2.05) is 0 Å². The van der Waals surface area contributed by atoms with Crippen LogP contribution in [-0.2, 0) is 0 Å². The van der Waals surface area contributed by atoms with Gasteiger partial charge in [0.2, 0.25) is 0 Å². The molecule has 0 aliphatic heterocycles. The molecule has 0 N–H and O–H groups in total. The third kappa shape index (κ3) is 6.98. The van der Waals surface area contributed by atoms with E-state index in [0.717, 1.165) is 0 Å². The van der Waals surface area contributed by atoms with Gasteiger partial charge in [0, 0.05) is 37.2 Å². The van der Waals surface area contributed by atoms with Gasteiger partial charge in [-0.3, -0.25) is 0 Å². The van der Waals surface area contributed by atoms with Crippen LogP contribution in [0.3, 0.4) is 0 Å². The Labute approximate surface area is 192 Å². The number of hydrogen-bond acceptors (Lipinski definition) is 0. The molecule has 2 unspecified atom stereocenters. The molecule has 0 aliphatic carbocycles. The predicted molar refractivity (Wildman–Crippen MR) is 154 cm³/mol. The zero-order valence-electron chi connectivity index (χ0n) is 14.1. The van der Waals surface area contributed by atoms with E-state index in [0.29, 0.717) is 0 Å². The van der Waals surface area contributed by atoms with Crippen LogP contribution in [-0.4, -0.2) is 0 Å². The molecule has 0 aromatic heterocycles. The molecule has 0 saturated heterocycles. The van der Waals surface area contributed by atoms with Crippen LogP contribution >= 0.6 is 55.7 Å². The van der Waals surface area contributed by atoms with Crippen LogP contribution < -0.4 is 10.6 Å². The van der Waals surface area contributed by atoms with Crippen LogP contribution in [0.25, 0.3) is 11.1 Å². The Bertz CT molecular complexity index is 647. The molecule has 0 fully saturated rings. The molecule has 0 aliphatic rings. The van der Waals surface area contributed by atoms with E-state index >= 15 is 0 Å². The first-order chi connectivity index (χ1) is 10.3. The highest BCUT2D eigenvalue weighted by molar-refractivity contribution is 15.0. The Balaban J connectivity index is -0.000000390. The lowest BCUT2D eigenvalue weighted by Crippen LogP contribution is -2.12. The van der Waals surface area contributed by atoms with Crippen molar-refractivity contribution in [1.29, 1.82) is 0 Å². The number of halogens is 2. The summed E-state index contributed by atoms with van der Waals surface area (Å²) in [5, 5.41) is 2.58. The van der Waals surface area contributed by atoms with Crippen LogP contribution in [0.5, 0.6) is 0 Å². The predicted octanol–water partition coefficient (Wildman–Crippen LogP) is 8.52. The fourth-order valence-electron chi connectivity index (χ4n) is 2.89. The average Bonchev–Trinajstić information content (AvgIpc) is 2.48. The maximum atomic E-state index is 2.91. The van der Waals surface area contributed by atoms with Gasteiger partial charge in [-0.25, -0.2) is 0 Å². The summed E-state index contributed by atoms with van der Waals surface area (Å²) in [5.41, 5.74) is 11.1. The fraction of sp³-hybridized carbons (Fsp3) is 0.455. The summed E-state index contributed by atoms with van der Waals surface area (Å²) in [5.74, 6) is 0. The minimum absolute atomic E-state index is 0. The first-order valence-electron chi connectivity index (χ1n) is 7.12. The summed E-state index contributed by atoms with van der Waals surface area (Å²) < 4.78 is 0. The van der Waals surface area contributed by atoms with E-state index in [-0.39, 0.29) is 29.7 Å². The highest BCUT2D eigenvalue weighted by Crippen LogP contribution is 2.32. The van der Waals surface area contributed by atoms with Gasteiger partial charge >= 0.3 is 0 Å². The molecule has 0 amide bonds. The molecule has 0 spiro atoms. The van der Waals surface area contributed by atoms with Crippen molar-refractivity contribution in [2.24, 2.45) is 0 Å². The van der Waals surface area contributed by atoms with Crippen LogP contribution in [0.2, 0.25) is 0 Å². The Morgan fingerprint density at radius 1 is 0.538 bits per heavy atom. The van der Waals surface area contributed by atoms with Gasteiger partial charge in [-0.2, -0.15) is 0 Å². The second-order valence-electron chi connectivity index (χ2n) is 5.82. The standard InChI is InChI=1S/C18H24P2.4CH4.I2/c1-9-7-15(19)17(13(5)11(9)3)18-14(6)12(4)10(2)8-16(18)20;;;;;1-2/h7-8H,19-20H2,1-6H3;4*1H4;. The van der Waals surface area contributed by atoms with E-state index in [9.17, 15) is 0 Å². The van der Waals surface area contributed by atoms with Gasteiger partial charge in [-0.05, 0) is 96.7 Å². The maximum Gasteiger partial charge on any atom is 0 e. The Morgan fingerprint density at radius 3 is 1.00 bits per heavy atom. The van der Waals surface area contributed by atoms with Crippen LogP contribution in [0.15, 0.2) is 12.1 Å². The molecule has 152 valence electrons. The lowest BCUT2D eigenvalue weighted by molar-refractivity contribution is 1.25. The second kappa shape index (κ2) is 14.7. The largest absolute Gasteiger partial charge is 0.105 e. The molecule has 2 aromatic rings. The minimum Gasteiger partial charge on any atom is -0.105 e. The van der Waals surface area contributed by atoms with Crippen molar-refractivity contribution in [3.8, 4) is 11.1 Å². The van der Waals surface area contributed by atoms with Crippen LogP contribution in [0.1, 0.15) is 63.1 Å². The summed E-state index contributed by atoms with van der Waals surface area (Å²) >= 11 is 4.24. The summed E-state index contributed by atoms with van der Waals surface area (Å²) in [6.07, 6.45) is 0. The van der Waals surface area contributed by atoms with Crippen molar-refractivity contribution in [3.05, 3.63) is 45.5 Å². The summed E-state index contributed by atoms with van der Waals surface area (Å²) in [6.45, 7) is 13.3. The molecule has 0 radical (unpaired) electrons. The maximum absolute atomic E-state index is 2.91. The van der Waals surface area contributed by atoms with Crippen molar-refractivity contribution in [2.75, 3.05) is 0 Å². The molecule has 0 heterocycles. The van der Waals surface area contributed by atoms with Gasteiger partial charge in [0.05, 0.1) is 0 Å². The van der Waals surface area contributed by atoms with Crippen LogP contribution in [0, 0.1) is 41.5 Å². The summed E-state index contributed by atoms with van der Waals surface area (Å²) in [4.78, 5) is 0. The van der Waals surface area contributed by atoms with Gasteiger partial charge in [-0.1, -0.05) is 41.8 Å². The minimum atomic E-state index is 0. The van der Waals surface area contributed by atoms with E-state index in [4.69, 9.17) is 0 Å². The molecule has 4 heteroatoms. The first kappa shape index (κ1) is 34.3. The molecule has 0 bridgehead atoms. The Kier molecular flexibility index (Phi) is 19.4. The van der Waals surface area contributed by atoms with E-state index in [1.165, 1.54) is 55.1 Å². The third-order valence-electron chi connectivity index (χ3n) is 4.63. The topological polar surface area (TPSA) is 0 Å². The normalized spacial score (nSPS) is 8.69. The second-order valence-corrected chi connectivity index (χ2v) is 7.06. The monoisotopic (exact) mass is 620 g/mol. The molecule has 2 atom stereocenters. The van der Waals surface area contributed by atoms with Crippen molar-refractivity contribution >= 4 is 66.3 Å². The Hall–Kier alpha value is 0.760. The molecule has 2 rings (SSSR count). The van der Waals surface area contributed by atoms with Gasteiger partial charge < -0.3 is 0 Å². The zero-order valence-corrected chi connectivity index (χ0v) is 20.7. The lowest BCUT2D eigenvalue weighted by atomic mass is 9.89. The molecule has 2 aromatic carbocycles. The number of rotatable bonds is 1. The van der Waals surface area contributed by atoms with E-state index < -0.39 is 0 Å². The van der Waals surface area contributed by atoms with Crippen molar-refractivity contribution in [3.63, 3.8) is 0 Å². The molecule has 0 saturated carbocycles. The van der Waals surface area contributed by atoms with Crippen molar-refractivity contribution < 1.29 is 0 Å². The van der Waals surface area contributed by atoms with Crippen LogP contribution in [0.4, 0.5) is 0 Å². The molecule has 26 heavy (non-hydrogen) atoms. The zero-order chi connectivity index (χ0) is 17.2. The lowest BCUT2D eigenvalue weighted by Gasteiger charge is -2.21. The summed E-state index contributed by atoms with van der Waals surface area (Å²) in [6, 6.07) is 4.56. The van der Waals surface area contributed by atoms with Gasteiger partial charge in [0.1, 0.15) is 0 Å². The first-order valence-corrected chi connectivity index (χ1v) is 14.6. The highest BCUT2D eigenvalue weighted by Gasteiger charge is 2.16. The van der Waals surface area contributed by atoms with Gasteiger partial charge in [-0.15, -0.1) is 18.5 Å². The molecule has 0 nitrogen and oxygen atoms in total. The molecular weight excluding hydrogens is 580 g/mol. The molecular formula is C22H40I2P2. The fourth-order valence-corrected chi connectivity index (χ4v) is 4.11. The van der Waals surface area contributed by atoms with Crippen molar-refractivity contribution in [1.82, 2.24) is 0 Å². The van der Waals surface area contributed by atoms with Gasteiger partial charge in [0.25, 0.3) is 0 Å². The quantitative estimate of drug-likeness (QED) is 0.222. The van der Waals surface area contributed by atoms with E-state index in [2.05, 4.69) is 109 Å². The summed E-state index contributed by atoms with van der Waals surface area (Å²) in [7, 11) is 5.83. The Morgan fingerprint density at radius 2 is 0.769 bits per heavy atom. The third-order valence-corrected chi connectivity index (χ3v) is 5.54. The van der Waals surface area contributed by atoms with Gasteiger partial charge in [0.15, 0.2) is 0 Å². The SMILES string of the molecule is C.C.C.C.Cc1cc(P)c(-c2c(P)cc(C)c(C)c2C)c(C)c1C.II. The van der Waals surface area contributed by atoms with Crippen molar-refractivity contribution in [2.45, 2.75) is 71.2 Å². The highest BCUT2D eigenvalue weighted by atomic mass is 128. The smallest absolute Gasteiger partial charge is 0 e. The average molecular weight is 620 g/mol. The number of hydrogen-bond donors (Lipinski definition) is 0. The van der Waals surface area contributed by atoms with E-state index in [1.54, 1.807) is 0 Å². The number of aryl methyl sites for hydroxylation is 2.